The average Bonchev–Trinajstić information content (AvgIpc) is 2.37. The SMILES string of the molecule is N=C(N)c1cc(F)ccc1COc1cncc(Cl)c1. The lowest BCUT2D eigenvalue weighted by Crippen LogP contribution is -2.15. The van der Waals surface area contributed by atoms with Crippen molar-refractivity contribution in [1.82, 2.24) is 4.98 Å². The summed E-state index contributed by atoms with van der Waals surface area (Å²) in [5, 5.41) is 7.87. The van der Waals surface area contributed by atoms with Crippen LogP contribution < -0.4 is 10.5 Å². The highest BCUT2D eigenvalue weighted by molar-refractivity contribution is 6.30. The summed E-state index contributed by atoms with van der Waals surface area (Å²) < 4.78 is 18.6. The van der Waals surface area contributed by atoms with Crippen molar-refractivity contribution in [3.8, 4) is 5.75 Å². The Bertz CT molecular complexity index is 619. The van der Waals surface area contributed by atoms with E-state index in [1.165, 1.54) is 30.6 Å². The van der Waals surface area contributed by atoms with E-state index >= 15 is 0 Å². The summed E-state index contributed by atoms with van der Waals surface area (Å²) in [5.41, 5.74) is 6.34. The van der Waals surface area contributed by atoms with E-state index in [9.17, 15) is 4.39 Å². The van der Waals surface area contributed by atoms with Crippen LogP contribution in [0, 0.1) is 11.2 Å². The smallest absolute Gasteiger partial charge is 0.139 e. The number of hydrogen-bond acceptors (Lipinski definition) is 3. The summed E-state index contributed by atoms with van der Waals surface area (Å²) in [6.07, 6.45) is 3.01. The molecule has 0 aliphatic heterocycles. The minimum atomic E-state index is -0.446. The van der Waals surface area contributed by atoms with Crippen molar-refractivity contribution in [2.75, 3.05) is 0 Å². The van der Waals surface area contributed by atoms with E-state index in [1.807, 2.05) is 0 Å². The van der Waals surface area contributed by atoms with Crippen molar-refractivity contribution in [2.24, 2.45) is 5.73 Å². The summed E-state index contributed by atoms with van der Waals surface area (Å²) >= 11 is 5.78. The lowest BCUT2D eigenvalue weighted by molar-refractivity contribution is 0.304. The molecule has 1 aromatic heterocycles. The van der Waals surface area contributed by atoms with Gasteiger partial charge in [0.25, 0.3) is 0 Å². The molecule has 0 aliphatic rings. The van der Waals surface area contributed by atoms with Crippen molar-refractivity contribution < 1.29 is 9.13 Å². The molecule has 3 N–H and O–H groups in total. The van der Waals surface area contributed by atoms with Gasteiger partial charge in [0, 0.05) is 23.4 Å². The van der Waals surface area contributed by atoms with Crippen molar-refractivity contribution >= 4 is 17.4 Å². The second-order valence-electron chi connectivity index (χ2n) is 3.84. The summed E-state index contributed by atoms with van der Waals surface area (Å²) in [6, 6.07) is 5.65. The molecule has 2 aromatic rings. The highest BCUT2D eigenvalue weighted by atomic mass is 35.5. The van der Waals surface area contributed by atoms with E-state index in [0.29, 0.717) is 21.9 Å². The van der Waals surface area contributed by atoms with E-state index in [0.717, 1.165) is 0 Å². The molecule has 0 fully saturated rings. The number of halogens is 2. The quantitative estimate of drug-likeness (QED) is 0.668. The van der Waals surface area contributed by atoms with Crippen molar-refractivity contribution in [3.63, 3.8) is 0 Å². The molecule has 0 radical (unpaired) electrons. The molecule has 0 saturated heterocycles. The molecule has 0 spiro atoms. The Morgan fingerprint density at radius 1 is 1.37 bits per heavy atom. The number of nitrogens with two attached hydrogens (primary N) is 1. The number of rotatable bonds is 4. The van der Waals surface area contributed by atoms with Crippen LogP contribution >= 0.6 is 11.6 Å². The van der Waals surface area contributed by atoms with E-state index in [1.54, 1.807) is 6.07 Å². The third-order valence-corrected chi connectivity index (χ3v) is 2.64. The number of nitrogens with one attached hydrogen (secondary N) is 1. The first kappa shape index (κ1) is 13.3. The maximum absolute atomic E-state index is 13.1. The molecule has 0 aliphatic carbocycles. The molecule has 0 saturated carbocycles. The first-order valence-corrected chi connectivity index (χ1v) is 5.80. The predicted octanol–water partition coefficient (Wildman–Crippen LogP) is 2.74. The fourth-order valence-electron chi connectivity index (χ4n) is 1.56. The Balaban J connectivity index is 2.17. The molecule has 0 bridgehead atoms. The van der Waals surface area contributed by atoms with Crippen LogP contribution in [0.1, 0.15) is 11.1 Å². The monoisotopic (exact) mass is 279 g/mol. The van der Waals surface area contributed by atoms with Crippen LogP contribution in [0.25, 0.3) is 0 Å². The lowest BCUT2D eigenvalue weighted by Gasteiger charge is -2.10. The van der Waals surface area contributed by atoms with Crippen LogP contribution in [0.4, 0.5) is 4.39 Å². The Kier molecular flexibility index (Phi) is 3.97. The zero-order valence-electron chi connectivity index (χ0n) is 9.86. The second kappa shape index (κ2) is 5.67. The summed E-state index contributed by atoms with van der Waals surface area (Å²) in [5.74, 6) is -0.160. The molecule has 0 atom stereocenters. The number of aromatic nitrogens is 1. The third-order valence-electron chi connectivity index (χ3n) is 2.44. The first-order valence-electron chi connectivity index (χ1n) is 5.42. The van der Waals surface area contributed by atoms with E-state index in [4.69, 9.17) is 27.5 Å². The van der Waals surface area contributed by atoms with Crippen LogP contribution in [-0.2, 0) is 6.61 Å². The predicted molar refractivity (Wildman–Crippen MR) is 71.0 cm³/mol. The minimum absolute atomic E-state index is 0.150. The van der Waals surface area contributed by atoms with Crippen LogP contribution in [0.5, 0.6) is 5.75 Å². The average molecular weight is 280 g/mol. The molecular weight excluding hydrogens is 269 g/mol. The first-order chi connectivity index (χ1) is 9.06. The van der Waals surface area contributed by atoms with Crippen molar-refractivity contribution in [2.45, 2.75) is 6.61 Å². The third kappa shape index (κ3) is 3.42. The van der Waals surface area contributed by atoms with Gasteiger partial charge in [0.2, 0.25) is 0 Å². The van der Waals surface area contributed by atoms with Gasteiger partial charge < -0.3 is 10.5 Å². The van der Waals surface area contributed by atoms with Gasteiger partial charge >= 0.3 is 0 Å². The van der Waals surface area contributed by atoms with Gasteiger partial charge in [-0.2, -0.15) is 0 Å². The van der Waals surface area contributed by atoms with Gasteiger partial charge in [-0.3, -0.25) is 10.4 Å². The molecule has 1 aromatic carbocycles. The maximum atomic E-state index is 13.1. The Morgan fingerprint density at radius 3 is 2.84 bits per heavy atom. The van der Waals surface area contributed by atoms with E-state index in [2.05, 4.69) is 4.98 Å². The highest BCUT2D eigenvalue weighted by Gasteiger charge is 2.08. The van der Waals surface area contributed by atoms with E-state index < -0.39 is 5.82 Å². The number of hydrogen-bond donors (Lipinski definition) is 2. The maximum Gasteiger partial charge on any atom is 0.139 e. The number of nitrogens with zero attached hydrogens (tertiary/aromatic N) is 1. The van der Waals surface area contributed by atoms with Crippen LogP contribution in [0.3, 0.4) is 0 Å². The summed E-state index contributed by atoms with van der Waals surface area (Å²) in [4.78, 5) is 3.88. The standard InChI is InChI=1S/C13H11ClFN3O/c14-9-3-11(6-18-5-9)19-7-8-1-2-10(15)4-12(8)13(16)17/h1-6H,7H2,(H3,16,17). The molecule has 0 unspecified atom stereocenters. The Labute approximate surface area is 114 Å². The molecule has 1 heterocycles. The Morgan fingerprint density at radius 2 is 2.16 bits per heavy atom. The molecule has 6 heteroatoms. The number of amidine groups is 1. The fourth-order valence-corrected chi connectivity index (χ4v) is 1.72. The molecule has 4 nitrogen and oxygen atoms in total. The van der Waals surface area contributed by atoms with Gasteiger partial charge in [-0.15, -0.1) is 0 Å². The summed E-state index contributed by atoms with van der Waals surface area (Å²) in [7, 11) is 0. The summed E-state index contributed by atoms with van der Waals surface area (Å²) in [6.45, 7) is 0.150. The molecular formula is C13H11ClFN3O. The highest BCUT2D eigenvalue weighted by Crippen LogP contribution is 2.18. The molecule has 98 valence electrons. The molecule has 0 amide bonds. The van der Waals surface area contributed by atoms with Gasteiger partial charge in [-0.05, 0) is 12.1 Å². The topological polar surface area (TPSA) is 72.0 Å². The van der Waals surface area contributed by atoms with Gasteiger partial charge in [0.15, 0.2) is 0 Å². The van der Waals surface area contributed by atoms with Gasteiger partial charge in [-0.25, -0.2) is 4.39 Å². The van der Waals surface area contributed by atoms with E-state index in [-0.39, 0.29) is 12.4 Å². The van der Waals surface area contributed by atoms with Crippen molar-refractivity contribution in [1.29, 1.82) is 5.41 Å². The van der Waals surface area contributed by atoms with Gasteiger partial charge in [0.1, 0.15) is 24.0 Å². The zero-order chi connectivity index (χ0) is 13.8. The number of nitrogen functional groups attached to an aromatic ring is 1. The van der Waals surface area contributed by atoms with Gasteiger partial charge in [-0.1, -0.05) is 17.7 Å². The fraction of sp³-hybridized carbons (Fsp3) is 0.0769. The molecule has 19 heavy (non-hydrogen) atoms. The molecule has 2 rings (SSSR count). The zero-order valence-corrected chi connectivity index (χ0v) is 10.6. The van der Waals surface area contributed by atoms with Crippen LogP contribution in [0.2, 0.25) is 5.02 Å². The van der Waals surface area contributed by atoms with Crippen molar-refractivity contribution in [3.05, 3.63) is 58.6 Å². The van der Waals surface area contributed by atoms with Crippen LogP contribution in [0.15, 0.2) is 36.7 Å². The van der Waals surface area contributed by atoms with Gasteiger partial charge in [0.05, 0.1) is 11.2 Å². The largest absolute Gasteiger partial charge is 0.487 e. The van der Waals surface area contributed by atoms with Crippen LogP contribution in [-0.4, -0.2) is 10.8 Å². The number of pyridine rings is 1. The Hall–Kier alpha value is -2.14. The minimum Gasteiger partial charge on any atom is -0.487 e. The lowest BCUT2D eigenvalue weighted by atomic mass is 10.1. The number of benzene rings is 1. The number of ether oxygens (including phenoxy) is 1. The second-order valence-corrected chi connectivity index (χ2v) is 4.28. The normalized spacial score (nSPS) is 10.2.